The molecule has 0 spiro atoms. The lowest BCUT2D eigenvalue weighted by Gasteiger charge is -2.15. The van der Waals surface area contributed by atoms with E-state index in [1.165, 1.54) is 14.7 Å². The predicted molar refractivity (Wildman–Crippen MR) is 124 cm³/mol. The van der Waals surface area contributed by atoms with Gasteiger partial charge in [-0.3, -0.25) is 9.36 Å². The van der Waals surface area contributed by atoms with Gasteiger partial charge < -0.3 is 9.30 Å². The van der Waals surface area contributed by atoms with E-state index in [9.17, 15) is 9.59 Å². The predicted octanol–water partition coefficient (Wildman–Crippen LogP) is 3.54. The second-order valence-electron chi connectivity index (χ2n) is 8.18. The van der Waals surface area contributed by atoms with Crippen molar-refractivity contribution in [3.63, 3.8) is 0 Å². The topological polar surface area (TPSA) is 71.1 Å². The fourth-order valence-corrected chi connectivity index (χ4v) is 4.29. The van der Waals surface area contributed by atoms with Crippen molar-refractivity contribution < 1.29 is 4.74 Å². The fourth-order valence-electron chi connectivity index (χ4n) is 4.17. The Morgan fingerprint density at radius 3 is 2.53 bits per heavy atom. The molecule has 0 saturated carbocycles. The van der Waals surface area contributed by atoms with E-state index in [1.54, 1.807) is 35.2 Å². The van der Waals surface area contributed by atoms with Gasteiger partial charge in [-0.15, -0.1) is 0 Å². The average molecular weight is 451 g/mol. The molecule has 0 amide bonds. The molecule has 1 aliphatic rings. The second kappa shape index (κ2) is 8.41. The molecule has 8 heteroatoms. The number of ether oxygens (including phenoxy) is 1. The van der Waals surface area contributed by atoms with Crippen molar-refractivity contribution in [3.05, 3.63) is 91.8 Å². The molecule has 0 aliphatic carbocycles. The molecule has 1 fully saturated rings. The molecule has 164 valence electrons. The van der Waals surface area contributed by atoms with Crippen LogP contribution in [-0.2, 0) is 17.8 Å². The van der Waals surface area contributed by atoms with Crippen molar-refractivity contribution in [2.75, 3.05) is 6.61 Å². The Kier molecular flexibility index (Phi) is 5.45. The first-order chi connectivity index (χ1) is 15.5. The number of aryl methyl sites for hydroxylation is 1. The van der Waals surface area contributed by atoms with E-state index in [4.69, 9.17) is 16.3 Å². The third kappa shape index (κ3) is 3.78. The summed E-state index contributed by atoms with van der Waals surface area (Å²) in [6.45, 7) is 3.38. The first-order valence-corrected chi connectivity index (χ1v) is 11.0. The number of rotatable bonds is 5. The molecular weight excluding hydrogens is 428 g/mol. The molecule has 2 aromatic carbocycles. The highest BCUT2D eigenvalue weighted by molar-refractivity contribution is 6.30. The SMILES string of the molecule is Cc1ccc(Cn2cnc3c2c(=O)n(C[C@H]2CCCO2)c(=O)n3-c2ccc(Cl)cc2)cc1. The maximum atomic E-state index is 13.5. The van der Waals surface area contributed by atoms with Crippen LogP contribution in [-0.4, -0.2) is 31.4 Å². The summed E-state index contributed by atoms with van der Waals surface area (Å²) in [7, 11) is 0. The van der Waals surface area contributed by atoms with E-state index in [1.807, 2.05) is 31.2 Å². The minimum absolute atomic E-state index is 0.148. The van der Waals surface area contributed by atoms with E-state index in [0.717, 1.165) is 18.4 Å². The first-order valence-electron chi connectivity index (χ1n) is 10.6. The largest absolute Gasteiger partial charge is 0.376 e. The minimum atomic E-state index is -0.430. The molecule has 0 N–H and O–H groups in total. The summed E-state index contributed by atoms with van der Waals surface area (Å²) in [6.07, 6.45) is 3.23. The molecule has 3 heterocycles. The van der Waals surface area contributed by atoms with Crippen LogP contribution in [0.2, 0.25) is 5.02 Å². The van der Waals surface area contributed by atoms with Crippen molar-refractivity contribution in [3.8, 4) is 5.69 Å². The van der Waals surface area contributed by atoms with Gasteiger partial charge in [-0.1, -0.05) is 41.4 Å². The number of aromatic nitrogens is 4. The lowest BCUT2D eigenvalue weighted by molar-refractivity contribution is 0.0950. The number of hydrogen-bond donors (Lipinski definition) is 0. The zero-order valence-corrected chi connectivity index (χ0v) is 18.5. The molecule has 1 aliphatic heterocycles. The Hall–Kier alpha value is -3.16. The van der Waals surface area contributed by atoms with Gasteiger partial charge in [0.15, 0.2) is 11.2 Å². The standard InChI is InChI=1S/C24H23ClN4O3/c1-16-4-6-17(7-5-16)13-27-15-26-22-21(27)23(30)28(14-20-3-2-12-32-20)24(31)29(22)19-10-8-18(25)9-11-19/h4-11,15,20H,2-3,12-14H2,1H3/t20-/m1/s1. The molecule has 1 saturated heterocycles. The van der Waals surface area contributed by atoms with Crippen LogP contribution in [0.15, 0.2) is 64.4 Å². The van der Waals surface area contributed by atoms with Crippen molar-refractivity contribution in [2.24, 2.45) is 0 Å². The van der Waals surface area contributed by atoms with Gasteiger partial charge in [0.1, 0.15) is 0 Å². The van der Waals surface area contributed by atoms with Crippen LogP contribution in [0.3, 0.4) is 0 Å². The molecule has 0 unspecified atom stereocenters. The Balaban J connectivity index is 1.71. The average Bonchev–Trinajstić information content (AvgIpc) is 3.44. The number of hydrogen-bond acceptors (Lipinski definition) is 4. The quantitative estimate of drug-likeness (QED) is 0.466. The van der Waals surface area contributed by atoms with Crippen molar-refractivity contribution in [2.45, 2.75) is 39.0 Å². The Labute approximate surface area is 189 Å². The van der Waals surface area contributed by atoms with Gasteiger partial charge in [0, 0.05) is 18.2 Å². The highest BCUT2D eigenvalue weighted by Crippen LogP contribution is 2.18. The monoisotopic (exact) mass is 450 g/mol. The Morgan fingerprint density at radius 1 is 1.09 bits per heavy atom. The zero-order valence-electron chi connectivity index (χ0n) is 17.7. The number of nitrogens with zero attached hydrogens (tertiary/aromatic N) is 4. The summed E-state index contributed by atoms with van der Waals surface area (Å²) < 4.78 is 10.3. The first kappa shape index (κ1) is 20.7. The minimum Gasteiger partial charge on any atom is -0.376 e. The molecular formula is C24H23ClN4O3. The van der Waals surface area contributed by atoms with Gasteiger partial charge in [-0.05, 0) is 49.6 Å². The summed E-state index contributed by atoms with van der Waals surface area (Å²) in [6, 6.07) is 15.1. The summed E-state index contributed by atoms with van der Waals surface area (Å²) in [5, 5.41) is 0.565. The van der Waals surface area contributed by atoms with E-state index in [-0.39, 0.29) is 18.2 Å². The van der Waals surface area contributed by atoms with Crippen molar-refractivity contribution in [1.29, 1.82) is 0 Å². The normalized spacial score (nSPS) is 16.1. The molecule has 4 aromatic rings. The molecule has 0 bridgehead atoms. The van der Waals surface area contributed by atoms with Crippen LogP contribution in [0.5, 0.6) is 0 Å². The summed E-state index contributed by atoms with van der Waals surface area (Å²) >= 11 is 6.05. The van der Waals surface area contributed by atoms with Gasteiger partial charge in [0.2, 0.25) is 0 Å². The highest BCUT2D eigenvalue weighted by atomic mass is 35.5. The molecule has 5 rings (SSSR count). The van der Waals surface area contributed by atoms with E-state index in [2.05, 4.69) is 4.98 Å². The smallest absolute Gasteiger partial charge is 0.337 e. The summed E-state index contributed by atoms with van der Waals surface area (Å²) in [5.41, 5.74) is 2.75. The van der Waals surface area contributed by atoms with Crippen molar-refractivity contribution in [1.82, 2.24) is 18.7 Å². The third-order valence-corrected chi connectivity index (χ3v) is 6.12. The molecule has 7 nitrogen and oxygen atoms in total. The lowest BCUT2D eigenvalue weighted by Crippen LogP contribution is -2.42. The second-order valence-corrected chi connectivity index (χ2v) is 8.61. The van der Waals surface area contributed by atoms with Crippen LogP contribution in [0, 0.1) is 6.92 Å². The van der Waals surface area contributed by atoms with Crippen molar-refractivity contribution >= 4 is 22.8 Å². The Morgan fingerprint density at radius 2 is 1.84 bits per heavy atom. The fraction of sp³-hybridized carbons (Fsp3) is 0.292. The number of halogens is 1. The summed E-state index contributed by atoms with van der Waals surface area (Å²) in [4.78, 5) is 31.5. The zero-order chi connectivity index (χ0) is 22.2. The van der Waals surface area contributed by atoms with Gasteiger partial charge in [0.05, 0.1) is 24.7 Å². The van der Waals surface area contributed by atoms with Gasteiger partial charge >= 0.3 is 5.69 Å². The molecule has 0 radical (unpaired) electrons. The van der Waals surface area contributed by atoms with Crippen LogP contribution < -0.4 is 11.2 Å². The summed E-state index contributed by atoms with van der Waals surface area (Å²) in [5.74, 6) is 0. The van der Waals surface area contributed by atoms with Crippen LogP contribution >= 0.6 is 11.6 Å². The van der Waals surface area contributed by atoms with Crippen LogP contribution in [0.4, 0.5) is 0 Å². The molecule has 32 heavy (non-hydrogen) atoms. The number of imidazole rings is 1. The molecule has 1 atom stereocenters. The third-order valence-electron chi connectivity index (χ3n) is 5.87. The van der Waals surface area contributed by atoms with Crippen LogP contribution in [0.25, 0.3) is 16.9 Å². The maximum absolute atomic E-state index is 13.5. The number of benzene rings is 2. The van der Waals surface area contributed by atoms with Crippen LogP contribution in [0.1, 0.15) is 24.0 Å². The van der Waals surface area contributed by atoms with Gasteiger partial charge in [0.25, 0.3) is 5.56 Å². The molecule has 2 aromatic heterocycles. The Bertz CT molecular complexity index is 1380. The van der Waals surface area contributed by atoms with E-state index < -0.39 is 5.69 Å². The van der Waals surface area contributed by atoms with E-state index in [0.29, 0.717) is 35.0 Å². The maximum Gasteiger partial charge on any atom is 0.337 e. The van der Waals surface area contributed by atoms with E-state index >= 15 is 0 Å². The van der Waals surface area contributed by atoms with Gasteiger partial charge in [-0.2, -0.15) is 0 Å². The van der Waals surface area contributed by atoms with Gasteiger partial charge in [-0.25, -0.2) is 14.3 Å². The number of fused-ring (bicyclic) bond motifs is 1. The lowest BCUT2D eigenvalue weighted by atomic mass is 10.1. The highest BCUT2D eigenvalue weighted by Gasteiger charge is 2.23.